The van der Waals surface area contributed by atoms with Gasteiger partial charge in [-0.2, -0.15) is 0 Å². The Balaban J connectivity index is 4.93. The molecular formula is C8H20O3PSi2+. The first kappa shape index (κ1) is 14.0. The van der Waals surface area contributed by atoms with Gasteiger partial charge in [0.15, 0.2) is 0 Å². The van der Waals surface area contributed by atoms with Crippen LogP contribution in [0.1, 0.15) is 0 Å². The molecule has 0 rings (SSSR count). The fourth-order valence-electron chi connectivity index (χ4n) is 1.58. The van der Waals surface area contributed by atoms with Crippen molar-refractivity contribution in [2.24, 2.45) is 0 Å². The van der Waals surface area contributed by atoms with Crippen LogP contribution in [0, 0.1) is 0 Å². The predicted octanol–water partition coefficient (Wildman–Crippen LogP) is 3.29. The quantitative estimate of drug-likeness (QED) is 0.474. The molecule has 0 aliphatic rings. The maximum absolute atomic E-state index is 10.5. The van der Waals surface area contributed by atoms with Crippen LogP contribution in [0.5, 0.6) is 0 Å². The van der Waals surface area contributed by atoms with Gasteiger partial charge in [0.05, 0.1) is 16.1 Å². The van der Waals surface area contributed by atoms with Gasteiger partial charge in [0.1, 0.15) is 6.26 Å². The molecule has 0 saturated carbocycles. The second-order valence-corrected chi connectivity index (χ2v) is 16.6. The van der Waals surface area contributed by atoms with E-state index in [1.54, 1.807) is 0 Å². The summed E-state index contributed by atoms with van der Waals surface area (Å²) in [5.41, 5.74) is 0. The Morgan fingerprint density at radius 2 is 1.50 bits per heavy atom. The van der Waals surface area contributed by atoms with Crippen molar-refractivity contribution < 1.29 is 14.0 Å². The standard InChI is InChI=1S/C8H19O3PSi2/c1-13(2,3)8(14(4,5)6)7-11-12(9)10/h7H,1-6H3/p+1. The van der Waals surface area contributed by atoms with E-state index in [0.717, 1.165) is 0 Å². The molecule has 0 aliphatic carbocycles. The molecule has 0 heterocycles. The zero-order valence-corrected chi connectivity index (χ0v) is 12.7. The van der Waals surface area contributed by atoms with Crippen molar-refractivity contribution in [2.45, 2.75) is 39.3 Å². The molecule has 3 nitrogen and oxygen atoms in total. The van der Waals surface area contributed by atoms with Crippen molar-refractivity contribution in [1.29, 1.82) is 0 Å². The minimum absolute atomic E-state index is 1.29. The first-order valence-electron chi connectivity index (χ1n) is 4.59. The van der Waals surface area contributed by atoms with Crippen molar-refractivity contribution >= 4 is 24.4 Å². The third-order valence-electron chi connectivity index (χ3n) is 1.88. The lowest BCUT2D eigenvalue weighted by atomic mass is 11.1. The summed E-state index contributed by atoms with van der Waals surface area (Å²) >= 11 is 0. The van der Waals surface area contributed by atoms with Crippen molar-refractivity contribution in [2.75, 3.05) is 0 Å². The smallest absolute Gasteiger partial charge is 0.238 e. The maximum atomic E-state index is 10.5. The molecule has 0 aromatic heterocycles. The lowest BCUT2D eigenvalue weighted by molar-refractivity contribution is 0.377. The van der Waals surface area contributed by atoms with E-state index in [-0.39, 0.29) is 0 Å². The molecule has 1 N–H and O–H groups in total. The van der Waals surface area contributed by atoms with Gasteiger partial charge >= 0.3 is 8.25 Å². The van der Waals surface area contributed by atoms with Crippen LogP contribution in [0.4, 0.5) is 0 Å². The van der Waals surface area contributed by atoms with Crippen molar-refractivity contribution in [3.05, 3.63) is 11.1 Å². The first-order chi connectivity index (χ1) is 6.05. The summed E-state index contributed by atoms with van der Waals surface area (Å²) in [6.07, 6.45) is 1.54. The molecule has 82 valence electrons. The van der Waals surface area contributed by atoms with E-state index in [9.17, 15) is 4.57 Å². The largest absolute Gasteiger partial charge is 0.746 e. The first-order valence-corrected chi connectivity index (χ1v) is 12.7. The van der Waals surface area contributed by atoms with Crippen LogP contribution >= 0.6 is 8.25 Å². The lowest BCUT2D eigenvalue weighted by Crippen LogP contribution is -2.40. The highest BCUT2D eigenvalue weighted by Crippen LogP contribution is 2.27. The highest BCUT2D eigenvalue weighted by Gasteiger charge is 2.32. The van der Waals surface area contributed by atoms with E-state index < -0.39 is 24.4 Å². The van der Waals surface area contributed by atoms with Gasteiger partial charge in [0.2, 0.25) is 0 Å². The average Bonchev–Trinajstić information content (AvgIpc) is 1.78. The Labute approximate surface area is 89.2 Å². The molecule has 0 bridgehead atoms. The van der Waals surface area contributed by atoms with E-state index in [4.69, 9.17) is 9.42 Å². The highest BCUT2D eigenvalue weighted by atomic mass is 31.1. The fourth-order valence-corrected chi connectivity index (χ4v) is 11.8. The molecule has 1 atom stereocenters. The summed E-state index contributed by atoms with van der Waals surface area (Å²) in [6.45, 7) is 13.4. The Morgan fingerprint density at radius 1 is 1.14 bits per heavy atom. The second kappa shape index (κ2) is 4.70. The van der Waals surface area contributed by atoms with Gasteiger partial charge in [-0.3, -0.25) is 0 Å². The molecule has 0 aromatic rings. The van der Waals surface area contributed by atoms with Gasteiger partial charge in [-0.15, -0.1) is 4.89 Å². The molecule has 0 saturated heterocycles. The van der Waals surface area contributed by atoms with Gasteiger partial charge < -0.3 is 0 Å². The Hall–Kier alpha value is 0.0338. The monoisotopic (exact) mass is 251 g/mol. The second-order valence-electron chi connectivity index (χ2n) is 5.37. The molecular weight excluding hydrogens is 231 g/mol. The lowest BCUT2D eigenvalue weighted by Gasteiger charge is -2.29. The minimum Gasteiger partial charge on any atom is -0.238 e. The average molecular weight is 251 g/mol. The molecule has 14 heavy (non-hydrogen) atoms. The van der Waals surface area contributed by atoms with Gasteiger partial charge in [0, 0.05) is 4.57 Å². The van der Waals surface area contributed by atoms with Gasteiger partial charge in [-0.05, 0) is 0 Å². The van der Waals surface area contributed by atoms with E-state index in [1.807, 2.05) is 0 Å². The summed E-state index contributed by atoms with van der Waals surface area (Å²) in [5, 5.41) is 0. The molecule has 0 amide bonds. The van der Waals surface area contributed by atoms with Gasteiger partial charge in [-0.1, -0.05) is 44.1 Å². The van der Waals surface area contributed by atoms with E-state index in [0.29, 0.717) is 0 Å². The van der Waals surface area contributed by atoms with Gasteiger partial charge in [-0.25, -0.2) is 4.52 Å². The molecule has 0 fully saturated rings. The zero-order valence-electron chi connectivity index (χ0n) is 9.79. The molecule has 6 heteroatoms. The summed E-state index contributed by atoms with van der Waals surface area (Å²) in [4.78, 5) is 9.90. The minimum atomic E-state index is -2.51. The van der Waals surface area contributed by atoms with Crippen molar-refractivity contribution in [3.8, 4) is 0 Å². The normalized spacial score (nSPS) is 13.5. The summed E-state index contributed by atoms with van der Waals surface area (Å²) in [6, 6.07) is 0. The van der Waals surface area contributed by atoms with Crippen molar-refractivity contribution in [3.63, 3.8) is 0 Å². The number of hydrogen-bond acceptors (Lipinski definition) is 2. The molecule has 0 spiro atoms. The zero-order chi connectivity index (χ0) is 11.6. The van der Waals surface area contributed by atoms with Crippen LogP contribution in [0.3, 0.4) is 0 Å². The van der Waals surface area contributed by atoms with E-state index in [1.165, 1.54) is 11.1 Å². The third-order valence-corrected chi connectivity index (χ3v) is 10.1. The summed E-state index contributed by atoms with van der Waals surface area (Å²) < 4.78 is 15.2. The molecule has 0 aromatic carbocycles. The van der Waals surface area contributed by atoms with Gasteiger partial charge in [0.25, 0.3) is 0 Å². The van der Waals surface area contributed by atoms with Crippen LogP contribution in [0.15, 0.2) is 11.1 Å². The highest BCUT2D eigenvalue weighted by molar-refractivity contribution is 7.32. The Bertz CT molecular complexity index is 234. The molecule has 0 aliphatic heterocycles. The SMILES string of the molecule is C[Si](C)(C)C(=CO[P+](=O)O)[Si](C)(C)C. The van der Waals surface area contributed by atoms with E-state index >= 15 is 0 Å². The van der Waals surface area contributed by atoms with Crippen LogP contribution in [0.25, 0.3) is 0 Å². The third kappa shape index (κ3) is 5.05. The predicted molar refractivity (Wildman–Crippen MR) is 65.7 cm³/mol. The van der Waals surface area contributed by atoms with Crippen molar-refractivity contribution in [1.82, 2.24) is 0 Å². The number of rotatable bonds is 4. The van der Waals surface area contributed by atoms with Crippen LogP contribution in [0.2, 0.25) is 39.3 Å². The topological polar surface area (TPSA) is 46.5 Å². The summed E-state index contributed by atoms with van der Waals surface area (Å²) in [5.74, 6) is 0. The maximum Gasteiger partial charge on any atom is 0.746 e. The fraction of sp³-hybridized carbons (Fsp3) is 0.750. The van der Waals surface area contributed by atoms with Crippen LogP contribution in [-0.4, -0.2) is 21.0 Å². The Kier molecular flexibility index (Phi) is 4.71. The molecule has 0 radical (unpaired) electrons. The summed E-state index contributed by atoms with van der Waals surface area (Å²) in [7, 11) is -5.37. The van der Waals surface area contributed by atoms with E-state index in [2.05, 4.69) is 39.3 Å². The Morgan fingerprint density at radius 3 is 1.71 bits per heavy atom. The van der Waals surface area contributed by atoms with Crippen LogP contribution in [-0.2, 0) is 9.09 Å². The number of hydrogen-bond donors (Lipinski definition) is 1. The van der Waals surface area contributed by atoms with Crippen LogP contribution < -0.4 is 0 Å². The molecule has 1 unspecified atom stereocenters.